The molecule has 14 heteroatoms. The van der Waals surface area contributed by atoms with Gasteiger partial charge < -0.3 is 42.7 Å². The molecule has 0 fully saturated rings. The van der Waals surface area contributed by atoms with Crippen LogP contribution in [0.25, 0.3) is 0 Å². The summed E-state index contributed by atoms with van der Waals surface area (Å²) in [6, 6.07) is -0.0864. The largest absolute Gasteiger partial charge is 0.508 e. The van der Waals surface area contributed by atoms with Crippen LogP contribution in [-0.4, -0.2) is 75.1 Å². The maximum absolute atomic E-state index is 12.8. The number of carboxylic acids is 2. The van der Waals surface area contributed by atoms with Crippen molar-refractivity contribution >= 4 is 35.6 Å². The first-order chi connectivity index (χ1) is 16.7. The number of carboxylic acid groups (broad SMARTS) is 2. The van der Waals surface area contributed by atoms with Gasteiger partial charge in [0.2, 0.25) is 23.6 Å². The lowest BCUT2D eigenvalue weighted by molar-refractivity contribution is -0.142. The van der Waals surface area contributed by atoms with Crippen molar-refractivity contribution in [2.45, 2.75) is 57.3 Å². The third kappa shape index (κ3) is 9.97. The molecule has 0 aliphatic carbocycles. The van der Waals surface area contributed by atoms with Gasteiger partial charge in [-0.15, -0.1) is 0 Å². The second kappa shape index (κ2) is 13.6. The summed E-state index contributed by atoms with van der Waals surface area (Å²) in [5.41, 5.74) is 11.2. The number of primary amides is 1. The minimum atomic E-state index is -1.57. The molecule has 4 amide bonds. The molecular formula is C22H31N5O9. The summed E-state index contributed by atoms with van der Waals surface area (Å²) in [5, 5.41) is 34.5. The van der Waals surface area contributed by atoms with Gasteiger partial charge in [0, 0.05) is 6.42 Å². The first-order valence-electron chi connectivity index (χ1n) is 10.9. The number of nitrogens with one attached hydrogen (secondary N) is 3. The molecule has 1 aromatic carbocycles. The molecule has 0 spiro atoms. The number of rotatable bonds is 14. The number of aliphatic carboxylic acids is 2. The highest BCUT2D eigenvalue weighted by molar-refractivity contribution is 5.96. The number of hydrogen-bond acceptors (Lipinski definition) is 8. The number of amides is 4. The smallest absolute Gasteiger partial charge is 0.326 e. The molecule has 0 aliphatic heterocycles. The fraction of sp³-hybridized carbons (Fsp3) is 0.455. The molecule has 0 aliphatic rings. The lowest BCUT2D eigenvalue weighted by Gasteiger charge is -2.26. The van der Waals surface area contributed by atoms with E-state index in [0.29, 0.717) is 5.56 Å². The van der Waals surface area contributed by atoms with Crippen molar-refractivity contribution in [1.82, 2.24) is 16.0 Å². The Balaban J connectivity index is 3.00. The molecular weight excluding hydrogens is 478 g/mol. The highest BCUT2D eigenvalue weighted by Crippen LogP contribution is 2.12. The molecule has 0 bridgehead atoms. The summed E-state index contributed by atoms with van der Waals surface area (Å²) in [7, 11) is 0. The van der Waals surface area contributed by atoms with E-state index in [2.05, 4.69) is 16.0 Å². The van der Waals surface area contributed by atoms with Crippen molar-refractivity contribution in [2.75, 3.05) is 0 Å². The summed E-state index contributed by atoms with van der Waals surface area (Å²) in [6.07, 6.45) is -1.51. The number of nitrogens with two attached hydrogens (primary N) is 2. The van der Waals surface area contributed by atoms with Crippen molar-refractivity contribution in [3.63, 3.8) is 0 Å². The molecule has 0 saturated carbocycles. The van der Waals surface area contributed by atoms with Gasteiger partial charge in [0.15, 0.2) is 0 Å². The highest BCUT2D eigenvalue weighted by Gasteiger charge is 2.32. The standard InChI is InChI=1S/C22H31N5O9/c1-10(2)18(27-19(32)13(23)8-17(30)31)21(34)25-14(9-16(24)29)20(33)26-15(22(35)36)7-11-3-5-12(28)6-4-11/h3-6,10,13-15,18,28H,7-9,23H2,1-2H3,(H2,24,29)(H,25,34)(H,26,33)(H,27,32)(H,30,31)(H,35,36). The van der Waals surface area contributed by atoms with Gasteiger partial charge >= 0.3 is 11.9 Å². The number of phenols is 1. The van der Waals surface area contributed by atoms with Crippen molar-refractivity contribution in [2.24, 2.45) is 17.4 Å². The molecule has 0 heterocycles. The summed E-state index contributed by atoms with van der Waals surface area (Å²) < 4.78 is 0. The zero-order chi connectivity index (χ0) is 27.6. The van der Waals surface area contributed by atoms with Crippen LogP contribution in [0.3, 0.4) is 0 Å². The predicted octanol–water partition coefficient (Wildman–Crippen LogP) is -2.19. The summed E-state index contributed by atoms with van der Waals surface area (Å²) in [6.45, 7) is 3.13. The Morgan fingerprint density at radius 1 is 0.833 bits per heavy atom. The molecule has 10 N–H and O–H groups in total. The average molecular weight is 510 g/mol. The molecule has 14 nitrogen and oxygen atoms in total. The topological polar surface area (TPSA) is 251 Å². The number of hydrogen-bond donors (Lipinski definition) is 8. The minimum Gasteiger partial charge on any atom is -0.508 e. The number of aromatic hydroxyl groups is 1. The zero-order valence-electron chi connectivity index (χ0n) is 19.8. The molecule has 198 valence electrons. The molecule has 4 unspecified atom stereocenters. The van der Waals surface area contributed by atoms with Crippen LogP contribution in [0, 0.1) is 5.92 Å². The van der Waals surface area contributed by atoms with Crippen molar-refractivity contribution in [3.8, 4) is 5.75 Å². The van der Waals surface area contributed by atoms with Gasteiger partial charge in [-0.05, 0) is 23.6 Å². The Morgan fingerprint density at radius 2 is 1.39 bits per heavy atom. The molecule has 0 aromatic heterocycles. The Morgan fingerprint density at radius 3 is 1.86 bits per heavy atom. The maximum Gasteiger partial charge on any atom is 0.326 e. The Hall–Kier alpha value is -4.20. The molecule has 0 radical (unpaired) electrons. The van der Waals surface area contributed by atoms with Gasteiger partial charge in [0.25, 0.3) is 0 Å². The molecule has 36 heavy (non-hydrogen) atoms. The van der Waals surface area contributed by atoms with Gasteiger partial charge in [0.05, 0.1) is 18.9 Å². The van der Waals surface area contributed by atoms with E-state index in [4.69, 9.17) is 16.6 Å². The molecule has 4 atom stereocenters. The van der Waals surface area contributed by atoms with E-state index in [1.54, 1.807) is 13.8 Å². The Kier molecular flexibility index (Phi) is 11.3. The monoisotopic (exact) mass is 509 g/mol. The molecule has 1 aromatic rings. The van der Waals surface area contributed by atoms with Gasteiger partial charge in [-0.2, -0.15) is 0 Å². The van der Waals surface area contributed by atoms with Crippen LogP contribution >= 0.6 is 0 Å². The first-order valence-corrected chi connectivity index (χ1v) is 10.9. The van der Waals surface area contributed by atoms with Crippen LogP contribution in [0.2, 0.25) is 0 Å². The van der Waals surface area contributed by atoms with E-state index in [1.807, 2.05) is 0 Å². The number of carbonyl (C=O) groups is 6. The fourth-order valence-corrected chi connectivity index (χ4v) is 3.09. The highest BCUT2D eigenvalue weighted by atomic mass is 16.4. The van der Waals surface area contributed by atoms with Crippen LogP contribution in [0.4, 0.5) is 0 Å². The fourth-order valence-electron chi connectivity index (χ4n) is 3.09. The van der Waals surface area contributed by atoms with Crippen molar-refractivity contribution in [3.05, 3.63) is 29.8 Å². The van der Waals surface area contributed by atoms with Gasteiger partial charge in [-0.1, -0.05) is 26.0 Å². The third-order valence-electron chi connectivity index (χ3n) is 5.01. The lowest BCUT2D eigenvalue weighted by Crippen LogP contribution is -2.59. The van der Waals surface area contributed by atoms with Gasteiger partial charge in [0.1, 0.15) is 23.9 Å². The maximum atomic E-state index is 12.8. The summed E-state index contributed by atoms with van der Waals surface area (Å²) in [4.78, 5) is 71.8. The SMILES string of the molecule is CC(C)C(NC(=O)C(N)CC(=O)O)C(=O)NC(CC(N)=O)C(=O)NC(Cc1ccc(O)cc1)C(=O)O. The quantitative estimate of drug-likeness (QED) is 0.134. The number of carbonyl (C=O) groups excluding carboxylic acids is 4. The first kappa shape index (κ1) is 29.8. The van der Waals surface area contributed by atoms with E-state index < -0.39 is 78.5 Å². The lowest BCUT2D eigenvalue weighted by atomic mass is 10.0. The van der Waals surface area contributed by atoms with Gasteiger partial charge in [-0.3, -0.25) is 24.0 Å². The van der Waals surface area contributed by atoms with E-state index in [-0.39, 0.29) is 12.2 Å². The number of benzene rings is 1. The zero-order valence-corrected chi connectivity index (χ0v) is 19.8. The second-order valence-electron chi connectivity index (χ2n) is 8.44. The second-order valence-corrected chi connectivity index (χ2v) is 8.44. The van der Waals surface area contributed by atoms with E-state index in [0.717, 1.165) is 0 Å². The Bertz CT molecular complexity index is 981. The third-order valence-corrected chi connectivity index (χ3v) is 5.01. The van der Waals surface area contributed by atoms with Gasteiger partial charge in [-0.25, -0.2) is 4.79 Å². The van der Waals surface area contributed by atoms with Crippen LogP contribution in [0.5, 0.6) is 5.75 Å². The van der Waals surface area contributed by atoms with Crippen LogP contribution < -0.4 is 27.4 Å². The van der Waals surface area contributed by atoms with Crippen molar-refractivity contribution in [1.29, 1.82) is 0 Å². The molecule has 0 saturated heterocycles. The normalized spacial score (nSPS) is 14.1. The van der Waals surface area contributed by atoms with E-state index >= 15 is 0 Å². The molecule has 1 rings (SSSR count). The van der Waals surface area contributed by atoms with Crippen LogP contribution in [-0.2, 0) is 35.2 Å². The average Bonchev–Trinajstić information content (AvgIpc) is 2.76. The summed E-state index contributed by atoms with van der Waals surface area (Å²) >= 11 is 0. The Labute approximate surface area is 206 Å². The number of phenolic OH excluding ortho intramolecular Hbond substituents is 1. The predicted molar refractivity (Wildman–Crippen MR) is 124 cm³/mol. The van der Waals surface area contributed by atoms with E-state index in [1.165, 1.54) is 24.3 Å². The van der Waals surface area contributed by atoms with E-state index in [9.17, 15) is 39.0 Å². The van der Waals surface area contributed by atoms with Crippen LogP contribution in [0.1, 0.15) is 32.3 Å². The minimum absolute atomic E-state index is 0.0328. The van der Waals surface area contributed by atoms with Crippen molar-refractivity contribution < 1.29 is 44.1 Å². The van der Waals surface area contributed by atoms with Crippen LogP contribution in [0.15, 0.2) is 24.3 Å². The summed E-state index contributed by atoms with van der Waals surface area (Å²) in [5.74, 6) is -7.06.